The van der Waals surface area contributed by atoms with Crippen LogP contribution in [-0.2, 0) is 0 Å². The van der Waals surface area contributed by atoms with Gasteiger partial charge in [0.15, 0.2) is 0 Å². The van der Waals surface area contributed by atoms with E-state index in [1.54, 1.807) is 0 Å². The van der Waals surface area contributed by atoms with Gasteiger partial charge in [0.25, 0.3) is 0 Å². The van der Waals surface area contributed by atoms with Gasteiger partial charge in [-0.25, -0.2) is 0 Å². The Morgan fingerprint density at radius 2 is 1.76 bits per heavy atom. The third kappa shape index (κ3) is 3.85. The number of rotatable bonds is 4. The van der Waals surface area contributed by atoms with E-state index in [-0.39, 0.29) is 0 Å². The van der Waals surface area contributed by atoms with Crippen molar-refractivity contribution in [1.82, 2.24) is 0 Å². The number of benzene rings is 1. The van der Waals surface area contributed by atoms with Gasteiger partial charge >= 0.3 is 0 Å². The maximum atomic E-state index is 5.96. The molecule has 1 aliphatic rings. The molecule has 0 unspecified atom stereocenters. The maximum absolute atomic E-state index is 5.96. The molecule has 3 heteroatoms. The molecule has 0 amide bonds. The van der Waals surface area contributed by atoms with Gasteiger partial charge in [0.2, 0.25) is 0 Å². The minimum atomic E-state index is 0.362. The average molecular weight is 409 g/mol. The van der Waals surface area contributed by atoms with Crippen LogP contribution in [0, 0.1) is 8.99 Å². The van der Waals surface area contributed by atoms with Crippen LogP contribution in [0.15, 0.2) is 24.3 Å². The third-order valence-electron chi connectivity index (χ3n) is 3.56. The Morgan fingerprint density at radius 3 is 2.35 bits per heavy atom. The minimum Gasteiger partial charge on any atom is -0.493 e. The highest BCUT2D eigenvalue weighted by Crippen LogP contribution is 2.38. The first-order valence-electron chi connectivity index (χ1n) is 6.18. The Kier molecular flexibility index (Phi) is 5.15. The normalized spacial score (nSPS) is 18.9. The van der Waals surface area contributed by atoms with Gasteiger partial charge in [0, 0.05) is 14.3 Å². The molecular formula is C14H18BrIO. The summed E-state index contributed by atoms with van der Waals surface area (Å²) in [5.74, 6) is 0.997. The Morgan fingerprint density at radius 1 is 1.12 bits per heavy atom. The second-order valence-corrected chi connectivity index (χ2v) is 6.74. The number of halogens is 2. The fourth-order valence-corrected chi connectivity index (χ4v) is 3.47. The van der Waals surface area contributed by atoms with Crippen molar-refractivity contribution in [3.8, 4) is 5.75 Å². The van der Waals surface area contributed by atoms with Gasteiger partial charge in [0.05, 0.1) is 6.61 Å². The lowest BCUT2D eigenvalue weighted by Crippen LogP contribution is -2.32. The molecule has 1 nitrogen and oxygen atoms in total. The largest absolute Gasteiger partial charge is 0.493 e. The Bertz CT molecular complexity index is 344. The standard InChI is InChI=1S/C14H18BrIO/c15-10-14(8-2-1-3-9-14)11-17-13-6-4-12(16)5-7-13/h4-7H,1-3,8-11H2. The van der Waals surface area contributed by atoms with Crippen LogP contribution in [0.1, 0.15) is 32.1 Å². The number of hydrogen-bond acceptors (Lipinski definition) is 1. The fourth-order valence-electron chi connectivity index (χ4n) is 2.39. The SMILES string of the molecule is BrCC1(COc2ccc(I)cc2)CCCCC1. The zero-order valence-electron chi connectivity index (χ0n) is 9.92. The summed E-state index contributed by atoms with van der Waals surface area (Å²) in [6.07, 6.45) is 6.67. The van der Waals surface area contributed by atoms with Gasteiger partial charge in [0.1, 0.15) is 5.75 Å². The molecule has 0 aliphatic heterocycles. The monoisotopic (exact) mass is 408 g/mol. The van der Waals surface area contributed by atoms with Crippen LogP contribution in [0.25, 0.3) is 0 Å². The van der Waals surface area contributed by atoms with Gasteiger partial charge in [-0.05, 0) is 59.7 Å². The molecule has 1 aliphatic carbocycles. The van der Waals surface area contributed by atoms with E-state index in [0.29, 0.717) is 5.41 Å². The summed E-state index contributed by atoms with van der Waals surface area (Å²) in [6, 6.07) is 8.31. The summed E-state index contributed by atoms with van der Waals surface area (Å²) in [7, 11) is 0. The summed E-state index contributed by atoms with van der Waals surface area (Å²) >= 11 is 5.99. The highest BCUT2D eigenvalue weighted by atomic mass is 127. The van der Waals surface area contributed by atoms with E-state index in [2.05, 4.69) is 62.8 Å². The van der Waals surface area contributed by atoms with Crippen molar-refractivity contribution >= 4 is 38.5 Å². The molecule has 0 heterocycles. The van der Waals surface area contributed by atoms with Crippen LogP contribution >= 0.6 is 38.5 Å². The van der Waals surface area contributed by atoms with E-state index in [0.717, 1.165) is 17.7 Å². The molecule has 1 aromatic carbocycles. The summed E-state index contributed by atoms with van der Waals surface area (Å²) in [5.41, 5.74) is 0.362. The zero-order valence-corrected chi connectivity index (χ0v) is 13.7. The van der Waals surface area contributed by atoms with E-state index < -0.39 is 0 Å². The lowest BCUT2D eigenvalue weighted by atomic mass is 9.76. The van der Waals surface area contributed by atoms with E-state index in [4.69, 9.17) is 4.74 Å². The van der Waals surface area contributed by atoms with Crippen molar-refractivity contribution in [2.24, 2.45) is 5.41 Å². The van der Waals surface area contributed by atoms with Crippen LogP contribution < -0.4 is 4.74 Å². The van der Waals surface area contributed by atoms with Crippen molar-refractivity contribution in [3.05, 3.63) is 27.8 Å². The Hall–Kier alpha value is 0.230. The van der Waals surface area contributed by atoms with Gasteiger partial charge in [-0.15, -0.1) is 0 Å². The molecule has 0 saturated heterocycles. The highest BCUT2D eigenvalue weighted by molar-refractivity contribution is 14.1. The second-order valence-electron chi connectivity index (χ2n) is 4.94. The van der Waals surface area contributed by atoms with E-state index in [1.807, 2.05) is 0 Å². The van der Waals surface area contributed by atoms with Gasteiger partial charge in [-0.3, -0.25) is 0 Å². The first kappa shape index (κ1) is 13.7. The molecule has 0 bridgehead atoms. The van der Waals surface area contributed by atoms with Crippen molar-refractivity contribution in [1.29, 1.82) is 0 Å². The topological polar surface area (TPSA) is 9.23 Å². The van der Waals surface area contributed by atoms with Crippen molar-refractivity contribution in [2.45, 2.75) is 32.1 Å². The molecular weight excluding hydrogens is 391 g/mol. The van der Waals surface area contributed by atoms with E-state index >= 15 is 0 Å². The molecule has 94 valence electrons. The number of alkyl halides is 1. The van der Waals surface area contributed by atoms with Crippen molar-refractivity contribution in [3.63, 3.8) is 0 Å². The summed E-state index contributed by atoms with van der Waals surface area (Å²) in [4.78, 5) is 0. The fraction of sp³-hybridized carbons (Fsp3) is 0.571. The second kappa shape index (κ2) is 6.41. The molecule has 1 fully saturated rings. The van der Waals surface area contributed by atoms with Crippen LogP contribution in [0.4, 0.5) is 0 Å². The van der Waals surface area contributed by atoms with E-state index in [9.17, 15) is 0 Å². The molecule has 0 N–H and O–H groups in total. The lowest BCUT2D eigenvalue weighted by molar-refractivity contribution is 0.122. The lowest BCUT2D eigenvalue weighted by Gasteiger charge is -2.35. The van der Waals surface area contributed by atoms with Crippen LogP contribution in [0.3, 0.4) is 0 Å². The number of hydrogen-bond donors (Lipinski definition) is 0. The van der Waals surface area contributed by atoms with Gasteiger partial charge in [-0.1, -0.05) is 35.2 Å². The van der Waals surface area contributed by atoms with Gasteiger partial charge in [-0.2, -0.15) is 0 Å². The molecule has 1 aromatic rings. The molecule has 0 aromatic heterocycles. The van der Waals surface area contributed by atoms with Crippen LogP contribution in [-0.4, -0.2) is 11.9 Å². The van der Waals surface area contributed by atoms with Crippen molar-refractivity contribution < 1.29 is 4.74 Å². The molecule has 0 spiro atoms. The maximum Gasteiger partial charge on any atom is 0.119 e. The van der Waals surface area contributed by atoms with Crippen LogP contribution in [0.2, 0.25) is 0 Å². The zero-order chi connectivity index (χ0) is 12.1. The highest BCUT2D eigenvalue weighted by Gasteiger charge is 2.31. The first-order valence-corrected chi connectivity index (χ1v) is 8.38. The first-order chi connectivity index (χ1) is 8.24. The number of ether oxygens (including phenoxy) is 1. The van der Waals surface area contributed by atoms with Gasteiger partial charge < -0.3 is 4.74 Å². The third-order valence-corrected chi connectivity index (χ3v) is 5.47. The molecule has 0 atom stereocenters. The molecule has 2 rings (SSSR count). The predicted molar refractivity (Wildman–Crippen MR) is 84.0 cm³/mol. The minimum absolute atomic E-state index is 0.362. The smallest absolute Gasteiger partial charge is 0.119 e. The molecule has 1 saturated carbocycles. The van der Waals surface area contributed by atoms with Crippen molar-refractivity contribution in [2.75, 3.05) is 11.9 Å². The Balaban J connectivity index is 1.93. The van der Waals surface area contributed by atoms with Crippen LogP contribution in [0.5, 0.6) is 5.75 Å². The summed E-state index contributed by atoms with van der Waals surface area (Å²) in [5, 5.41) is 1.06. The quantitative estimate of drug-likeness (QED) is 0.502. The Labute approximate surface area is 126 Å². The molecule has 0 radical (unpaired) electrons. The summed E-state index contributed by atoms with van der Waals surface area (Å²) < 4.78 is 7.21. The van der Waals surface area contributed by atoms with E-state index in [1.165, 1.54) is 35.7 Å². The average Bonchev–Trinajstić information content (AvgIpc) is 2.39. The predicted octanol–water partition coefficient (Wildman–Crippen LogP) is 5.02. The summed E-state index contributed by atoms with van der Waals surface area (Å²) in [6.45, 7) is 0.846. The molecule has 17 heavy (non-hydrogen) atoms.